The third kappa shape index (κ3) is 5.86. The number of carbonyl (C=O) groups excluding carboxylic acids is 1. The maximum absolute atomic E-state index is 12.1. The van der Waals surface area contributed by atoms with Crippen LogP contribution in [0.3, 0.4) is 0 Å². The van der Waals surface area contributed by atoms with Gasteiger partial charge in [-0.2, -0.15) is 0 Å². The van der Waals surface area contributed by atoms with Crippen molar-refractivity contribution in [2.45, 2.75) is 32.0 Å². The topological polar surface area (TPSA) is 54.0 Å². The summed E-state index contributed by atoms with van der Waals surface area (Å²) in [6.07, 6.45) is 1.69. The molecule has 6 bridgehead atoms. The molecule has 1 atom stereocenters. The molecule has 7 heteroatoms. The van der Waals surface area contributed by atoms with Crippen LogP contribution in [0.15, 0.2) is 53.9 Å². The number of nitrogens with one attached hydrogen (secondary N) is 1. The maximum Gasteiger partial charge on any atom is 0.257 e. The zero-order chi connectivity index (χ0) is 24.2. The van der Waals surface area contributed by atoms with E-state index in [-0.39, 0.29) is 18.6 Å². The van der Waals surface area contributed by atoms with Crippen molar-refractivity contribution in [1.29, 1.82) is 0 Å². The van der Waals surface area contributed by atoms with Crippen LogP contribution in [0.4, 0.5) is 0 Å². The smallest absolute Gasteiger partial charge is 0.257 e. The zero-order valence-electron chi connectivity index (χ0n) is 20.5. The highest BCUT2D eigenvalue weighted by Gasteiger charge is 2.30. The Bertz CT molecular complexity index is 1180. The molecule has 1 amide bonds. The molecule has 3 aromatic rings. The predicted molar refractivity (Wildman–Crippen MR) is 139 cm³/mol. The van der Waals surface area contributed by atoms with E-state index in [2.05, 4.69) is 71.0 Å². The first-order valence-electron chi connectivity index (χ1n) is 12.3. The Morgan fingerprint density at radius 2 is 2.00 bits per heavy atom. The molecule has 0 radical (unpaired) electrons. The van der Waals surface area contributed by atoms with Crippen LogP contribution in [0.25, 0.3) is 0 Å². The molecule has 3 aliphatic heterocycles. The average molecular weight is 492 g/mol. The van der Waals surface area contributed by atoms with Crippen LogP contribution >= 0.6 is 11.3 Å². The summed E-state index contributed by atoms with van der Waals surface area (Å²) < 4.78 is 11.9. The number of rotatable bonds is 4. The number of hydrogen-bond donors (Lipinski definition) is 1. The fourth-order valence-electron chi connectivity index (χ4n) is 4.93. The molecule has 2 aromatic carbocycles. The molecule has 0 aliphatic carbocycles. The normalized spacial score (nSPS) is 18.7. The minimum Gasteiger partial charge on any atom is -0.494 e. The number of thiophene rings is 1. The number of fused-ring (bicyclic) bond motifs is 8. The Hall–Kier alpha value is -2.87. The first-order chi connectivity index (χ1) is 17.0. The monoisotopic (exact) mass is 491 g/mol. The van der Waals surface area contributed by atoms with Crippen molar-refractivity contribution >= 4 is 17.2 Å². The SMILES string of the molecule is CN(C)Cc1csc(CN2CCc3cc4ccc3C2c2cccc(c2)OCCCNC(=O)CO4)c1. The highest BCUT2D eigenvalue weighted by molar-refractivity contribution is 7.10. The van der Waals surface area contributed by atoms with Crippen molar-refractivity contribution in [2.75, 3.05) is 40.4 Å². The van der Waals surface area contributed by atoms with Crippen LogP contribution in [0.2, 0.25) is 0 Å². The molecular formula is C28H33N3O3S. The Kier molecular flexibility index (Phi) is 7.37. The lowest BCUT2D eigenvalue weighted by Gasteiger charge is -2.38. The van der Waals surface area contributed by atoms with Crippen LogP contribution in [-0.2, 0) is 24.3 Å². The van der Waals surface area contributed by atoms with Gasteiger partial charge in [0.15, 0.2) is 6.61 Å². The molecule has 1 N–H and O–H groups in total. The third-order valence-corrected chi connectivity index (χ3v) is 7.43. The first-order valence-corrected chi connectivity index (χ1v) is 13.1. The van der Waals surface area contributed by atoms with E-state index in [4.69, 9.17) is 9.47 Å². The van der Waals surface area contributed by atoms with E-state index >= 15 is 0 Å². The number of nitrogens with zero attached hydrogens (tertiary/aromatic N) is 2. The number of amides is 1. The van der Waals surface area contributed by atoms with Gasteiger partial charge in [0, 0.05) is 31.1 Å². The second-order valence-corrected chi connectivity index (χ2v) is 10.6. The van der Waals surface area contributed by atoms with E-state index in [1.54, 1.807) is 0 Å². The van der Waals surface area contributed by atoms with Crippen LogP contribution in [-0.4, -0.2) is 56.1 Å². The van der Waals surface area contributed by atoms with Gasteiger partial charge in [0.1, 0.15) is 11.5 Å². The highest BCUT2D eigenvalue weighted by atomic mass is 32.1. The summed E-state index contributed by atoms with van der Waals surface area (Å²) in [5.41, 5.74) is 5.18. The lowest BCUT2D eigenvalue weighted by atomic mass is 9.87. The van der Waals surface area contributed by atoms with Crippen LogP contribution in [0.1, 0.15) is 39.6 Å². The number of hydrogen-bond acceptors (Lipinski definition) is 6. The minimum atomic E-state index is -0.106. The van der Waals surface area contributed by atoms with Gasteiger partial charge in [0.05, 0.1) is 12.6 Å². The third-order valence-electron chi connectivity index (χ3n) is 6.46. The second kappa shape index (κ2) is 10.8. The largest absolute Gasteiger partial charge is 0.494 e. The van der Waals surface area contributed by atoms with E-state index in [0.717, 1.165) is 44.0 Å². The molecule has 6 rings (SSSR count). The van der Waals surface area contributed by atoms with Crippen LogP contribution < -0.4 is 14.8 Å². The van der Waals surface area contributed by atoms with Crippen molar-refractivity contribution in [3.8, 4) is 11.5 Å². The van der Waals surface area contributed by atoms with Crippen molar-refractivity contribution < 1.29 is 14.3 Å². The van der Waals surface area contributed by atoms with Gasteiger partial charge in [0.2, 0.25) is 0 Å². The summed E-state index contributed by atoms with van der Waals surface area (Å²) in [5, 5.41) is 5.18. The Morgan fingerprint density at radius 3 is 2.89 bits per heavy atom. The summed E-state index contributed by atoms with van der Waals surface area (Å²) in [5.74, 6) is 1.52. The van der Waals surface area contributed by atoms with Gasteiger partial charge in [-0.05, 0) is 84.9 Å². The van der Waals surface area contributed by atoms with Crippen molar-refractivity contribution in [2.24, 2.45) is 0 Å². The molecule has 184 valence electrons. The molecule has 4 heterocycles. The molecule has 35 heavy (non-hydrogen) atoms. The number of benzene rings is 2. The van der Waals surface area contributed by atoms with Gasteiger partial charge in [-0.25, -0.2) is 0 Å². The van der Waals surface area contributed by atoms with Gasteiger partial charge >= 0.3 is 0 Å². The Balaban J connectivity index is 1.49. The molecule has 0 saturated carbocycles. The van der Waals surface area contributed by atoms with Gasteiger partial charge in [-0.1, -0.05) is 18.2 Å². The summed E-state index contributed by atoms with van der Waals surface area (Å²) in [7, 11) is 4.22. The van der Waals surface area contributed by atoms with Gasteiger partial charge in [-0.3, -0.25) is 9.69 Å². The molecule has 1 unspecified atom stereocenters. The van der Waals surface area contributed by atoms with Crippen molar-refractivity contribution in [1.82, 2.24) is 15.1 Å². The highest BCUT2D eigenvalue weighted by Crippen LogP contribution is 2.39. The average Bonchev–Trinajstić information content (AvgIpc) is 3.28. The second-order valence-electron chi connectivity index (χ2n) is 9.56. The van der Waals surface area contributed by atoms with E-state index in [1.807, 2.05) is 23.5 Å². The molecule has 1 aromatic heterocycles. The zero-order valence-corrected chi connectivity index (χ0v) is 21.3. The summed E-state index contributed by atoms with van der Waals surface area (Å²) in [6.45, 7) is 3.98. The Morgan fingerprint density at radius 1 is 1.11 bits per heavy atom. The summed E-state index contributed by atoms with van der Waals surface area (Å²) >= 11 is 1.85. The van der Waals surface area contributed by atoms with Crippen molar-refractivity contribution in [3.05, 3.63) is 81.0 Å². The van der Waals surface area contributed by atoms with E-state index in [0.29, 0.717) is 13.2 Å². The number of carbonyl (C=O) groups is 1. The van der Waals surface area contributed by atoms with Crippen LogP contribution in [0, 0.1) is 0 Å². The van der Waals surface area contributed by atoms with E-state index in [1.165, 1.54) is 27.1 Å². The molecule has 3 aliphatic rings. The molecule has 0 fully saturated rings. The minimum absolute atomic E-state index is 0.0297. The summed E-state index contributed by atoms with van der Waals surface area (Å²) in [4.78, 5) is 18.3. The molecular weight excluding hydrogens is 458 g/mol. The maximum atomic E-state index is 12.1. The van der Waals surface area contributed by atoms with Gasteiger partial charge in [0.25, 0.3) is 5.91 Å². The molecule has 6 nitrogen and oxygen atoms in total. The predicted octanol–water partition coefficient (Wildman–Crippen LogP) is 4.23. The lowest BCUT2D eigenvalue weighted by Crippen LogP contribution is -2.35. The number of ether oxygens (including phenoxy) is 2. The van der Waals surface area contributed by atoms with Gasteiger partial charge < -0.3 is 19.7 Å². The quantitative estimate of drug-likeness (QED) is 0.592. The fourth-order valence-corrected chi connectivity index (χ4v) is 5.83. The van der Waals surface area contributed by atoms with E-state index < -0.39 is 0 Å². The van der Waals surface area contributed by atoms with E-state index in [9.17, 15) is 4.79 Å². The first kappa shape index (κ1) is 23.9. The standard InChI is InChI=1S/C28H33N3O3S/c1-30(2)16-20-13-25(35-19-20)17-31-11-9-21-14-24-7-8-26(21)28(31)22-5-3-6-23(15-22)33-12-4-10-29-27(32)18-34-24/h3,5-8,13-15,19,28H,4,9-12,16-18H2,1-2H3,(H,29,32). The Labute approximate surface area is 211 Å². The lowest BCUT2D eigenvalue weighted by molar-refractivity contribution is -0.123. The van der Waals surface area contributed by atoms with Crippen molar-refractivity contribution in [3.63, 3.8) is 0 Å². The molecule has 0 saturated heterocycles. The van der Waals surface area contributed by atoms with Gasteiger partial charge in [-0.15, -0.1) is 11.3 Å². The molecule has 0 spiro atoms. The fraction of sp³-hybridized carbons (Fsp3) is 0.393. The van der Waals surface area contributed by atoms with Crippen LogP contribution in [0.5, 0.6) is 11.5 Å². The summed E-state index contributed by atoms with van der Waals surface area (Å²) in [6, 6.07) is 17.2.